The normalized spacial score (nSPS) is 27.7. The van der Waals surface area contributed by atoms with Crippen molar-refractivity contribution >= 4 is 11.8 Å². The highest BCUT2D eigenvalue weighted by Crippen LogP contribution is 2.25. The number of hydrogen-bond donors (Lipinski definition) is 2. The highest BCUT2D eigenvalue weighted by molar-refractivity contribution is 5.79. The van der Waals surface area contributed by atoms with Gasteiger partial charge in [0, 0.05) is 31.7 Å². The summed E-state index contributed by atoms with van der Waals surface area (Å²) in [6, 6.07) is 0.912. The van der Waals surface area contributed by atoms with Crippen LogP contribution in [0.1, 0.15) is 38.5 Å². The SMILES string of the molecule is O=C(NC1CC1)[C@@H]1CCCN(C2CCN(C(=O)CO)CC2)C1. The van der Waals surface area contributed by atoms with Crippen molar-refractivity contribution in [2.24, 2.45) is 5.92 Å². The summed E-state index contributed by atoms with van der Waals surface area (Å²) in [4.78, 5) is 27.9. The molecule has 6 heteroatoms. The highest BCUT2D eigenvalue weighted by atomic mass is 16.3. The number of piperidine rings is 2. The zero-order valence-electron chi connectivity index (χ0n) is 13.2. The van der Waals surface area contributed by atoms with Gasteiger partial charge < -0.3 is 15.3 Å². The van der Waals surface area contributed by atoms with Gasteiger partial charge in [-0.15, -0.1) is 0 Å². The van der Waals surface area contributed by atoms with Crippen LogP contribution in [0.5, 0.6) is 0 Å². The molecule has 0 radical (unpaired) electrons. The molecule has 22 heavy (non-hydrogen) atoms. The maximum Gasteiger partial charge on any atom is 0.248 e. The fourth-order valence-corrected chi connectivity index (χ4v) is 3.68. The number of hydrogen-bond acceptors (Lipinski definition) is 4. The Balaban J connectivity index is 1.47. The van der Waals surface area contributed by atoms with Crippen molar-refractivity contribution in [2.45, 2.75) is 50.6 Å². The fraction of sp³-hybridized carbons (Fsp3) is 0.875. The Labute approximate surface area is 131 Å². The van der Waals surface area contributed by atoms with E-state index in [1.807, 2.05) is 0 Å². The molecular weight excluding hydrogens is 282 g/mol. The van der Waals surface area contributed by atoms with E-state index in [2.05, 4.69) is 10.2 Å². The van der Waals surface area contributed by atoms with Crippen LogP contribution in [-0.2, 0) is 9.59 Å². The van der Waals surface area contributed by atoms with Gasteiger partial charge in [0.15, 0.2) is 0 Å². The summed E-state index contributed by atoms with van der Waals surface area (Å²) >= 11 is 0. The van der Waals surface area contributed by atoms with Gasteiger partial charge in [-0.2, -0.15) is 0 Å². The van der Waals surface area contributed by atoms with Gasteiger partial charge in [-0.3, -0.25) is 14.5 Å². The number of aliphatic hydroxyl groups is 1. The predicted molar refractivity (Wildman–Crippen MR) is 82.1 cm³/mol. The van der Waals surface area contributed by atoms with Crippen LogP contribution >= 0.6 is 0 Å². The Morgan fingerprint density at radius 1 is 1.05 bits per heavy atom. The van der Waals surface area contributed by atoms with E-state index in [-0.39, 0.29) is 17.7 Å². The molecule has 0 unspecified atom stereocenters. The van der Waals surface area contributed by atoms with Crippen LogP contribution in [0.25, 0.3) is 0 Å². The number of amides is 2. The third-order valence-corrected chi connectivity index (χ3v) is 5.22. The lowest BCUT2D eigenvalue weighted by molar-refractivity contribution is -0.135. The minimum Gasteiger partial charge on any atom is -0.387 e. The zero-order valence-corrected chi connectivity index (χ0v) is 13.2. The second-order valence-electron chi connectivity index (χ2n) is 6.89. The van der Waals surface area contributed by atoms with E-state index in [1.54, 1.807) is 4.90 Å². The van der Waals surface area contributed by atoms with Crippen molar-refractivity contribution in [3.05, 3.63) is 0 Å². The second kappa shape index (κ2) is 6.96. The monoisotopic (exact) mass is 309 g/mol. The minimum atomic E-state index is -0.391. The third-order valence-electron chi connectivity index (χ3n) is 5.22. The van der Waals surface area contributed by atoms with Crippen molar-refractivity contribution in [3.8, 4) is 0 Å². The minimum absolute atomic E-state index is 0.131. The quantitative estimate of drug-likeness (QED) is 0.764. The van der Waals surface area contributed by atoms with Crippen LogP contribution in [0.2, 0.25) is 0 Å². The maximum absolute atomic E-state index is 12.2. The van der Waals surface area contributed by atoms with Crippen LogP contribution in [0, 0.1) is 5.92 Å². The fourth-order valence-electron chi connectivity index (χ4n) is 3.68. The topological polar surface area (TPSA) is 72.9 Å². The molecule has 3 aliphatic rings. The first-order valence-corrected chi connectivity index (χ1v) is 8.60. The Bertz CT molecular complexity index is 417. The van der Waals surface area contributed by atoms with Crippen LogP contribution in [0.15, 0.2) is 0 Å². The lowest BCUT2D eigenvalue weighted by Gasteiger charge is -2.42. The van der Waals surface area contributed by atoms with Gasteiger partial charge in [-0.1, -0.05) is 0 Å². The van der Waals surface area contributed by atoms with E-state index in [0.29, 0.717) is 12.1 Å². The molecule has 0 aromatic rings. The lowest BCUT2D eigenvalue weighted by Crippen LogP contribution is -2.52. The number of nitrogens with one attached hydrogen (secondary N) is 1. The average Bonchev–Trinajstić information content (AvgIpc) is 3.38. The van der Waals surface area contributed by atoms with E-state index in [4.69, 9.17) is 5.11 Å². The molecule has 0 spiro atoms. The number of likely N-dealkylation sites (tertiary alicyclic amines) is 2. The Morgan fingerprint density at radius 2 is 1.77 bits per heavy atom. The number of carbonyl (C=O) groups is 2. The van der Waals surface area contributed by atoms with Gasteiger partial charge in [0.1, 0.15) is 6.61 Å². The molecule has 2 N–H and O–H groups in total. The molecule has 124 valence electrons. The predicted octanol–water partition coefficient (Wildman–Crippen LogP) is -0.0397. The Hall–Kier alpha value is -1.14. The van der Waals surface area contributed by atoms with E-state index in [1.165, 1.54) is 0 Å². The number of aliphatic hydroxyl groups excluding tert-OH is 1. The van der Waals surface area contributed by atoms with Crippen molar-refractivity contribution in [1.29, 1.82) is 0 Å². The van der Waals surface area contributed by atoms with Gasteiger partial charge in [0.2, 0.25) is 11.8 Å². The third kappa shape index (κ3) is 3.79. The molecule has 3 fully saturated rings. The van der Waals surface area contributed by atoms with Crippen molar-refractivity contribution in [2.75, 3.05) is 32.8 Å². The summed E-state index contributed by atoms with van der Waals surface area (Å²) in [7, 11) is 0. The molecule has 0 aromatic carbocycles. The smallest absolute Gasteiger partial charge is 0.248 e. The molecule has 1 atom stereocenters. The number of nitrogens with zero attached hydrogens (tertiary/aromatic N) is 2. The molecule has 2 amide bonds. The standard InChI is InChI=1S/C16H27N3O3/c20-11-15(21)18-8-5-14(6-9-18)19-7-1-2-12(10-19)16(22)17-13-3-4-13/h12-14,20H,1-11H2,(H,17,22)/t12-/m1/s1. The largest absolute Gasteiger partial charge is 0.387 e. The molecule has 3 rings (SSSR count). The van der Waals surface area contributed by atoms with Crippen LogP contribution in [0.3, 0.4) is 0 Å². The van der Waals surface area contributed by atoms with E-state index >= 15 is 0 Å². The van der Waals surface area contributed by atoms with E-state index < -0.39 is 6.61 Å². The maximum atomic E-state index is 12.2. The first kappa shape index (κ1) is 15.7. The number of rotatable bonds is 4. The van der Waals surface area contributed by atoms with Crippen LogP contribution in [0.4, 0.5) is 0 Å². The summed E-state index contributed by atoms with van der Waals surface area (Å²) in [6.45, 7) is 2.97. The van der Waals surface area contributed by atoms with Gasteiger partial charge >= 0.3 is 0 Å². The molecular formula is C16H27N3O3. The summed E-state index contributed by atoms with van der Waals surface area (Å²) in [5.41, 5.74) is 0. The average molecular weight is 309 g/mol. The Kier molecular flexibility index (Phi) is 4.98. The Morgan fingerprint density at radius 3 is 2.41 bits per heavy atom. The molecule has 1 saturated carbocycles. The molecule has 0 bridgehead atoms. The molecule has 1 aliphatic carbocycles. The molecule has 2 aliphatic heterocycles. The molecule has 2 heterocycles. The highest BCUT2D eigenvalue weighted by Gasteiger charge is 2.34. The van der Waals surface area contributed by atoms with Gasteiger partial charge in [-0.05, 0) is 45.1 Å². The van der Waals surface area contributed by atoms with E-state index in [0.717, 1.165) is 64.7 Å². The van der Waals surface area contributed by atoms with E-state index in [9.17, 15) is 9.59 Å². The van der Waals surface area contributed by atoms with Crippen molar-refractivity contribution in [1.82, 2.24) is 15.1 Å². The second-order valence-corrected chi connectivity index (χ2v) is 6.89. The van der Waals surface area contributed by atoms with Gasteiger partial charge in [-0.25, -0.2) is 0 Å². The number of carbonyl (C=O) groups excluding carboxylic acids is 2. The summed E-state index contributed by atoms with van der Waals surface area (Å²) in [5, 5.41) is 12.1. The van der Waals surface area contributed by atoms with Gasteiger partial charge in [0.25, 0.3) is 0 Å². The van der Waals surface area contributed by atoms with Crippen LogP contribution < -0.4 is 5.32 Å². The van der Waals surface area contributed by atoms with Crippen LogP contribution in [-0.4, -0.2) is 71.6 Å². The molecule has 6 nitrogen and oxygen atoms in total. The van der Waals surface area contributed by atoms with Gasteiger partial charge in [0.05, 0.1) is 5.92 Å². The van der Waals surface area contributed by atoms with Crippen molar-refractivity contribution < 1.29 is 14.7 Å². The summed E-state index contributed by atoms with van der Waals surface area (Å²) in [6.07, 6.45) is 6.25. The zero-order chi connectivity index (χ0) is 15.5. The first-order valence-electron chi connectivity index (χ1n) is 8.60. The van der Waals surface area contributed by atoms with Crippen molar-refractivity contribution in [3.63, 3.8) is 0 Å². The summed E-state index contributed by atoms with van der Waals surface area (Å²) < 4.78 is 0. The molecule has 0 aromatic heterocycles. The summed E-state index contributed by atoms with van der Waals surface area (Å²) in [5.74, 6) is 0.199. The molecule has 2 saturated heterocycles. The first-order chi connectivity index (χ1) is 10.7. The lowest BCUT2D eigenvalue weighted by atomic mass is 9.93.